The van der Waals surface area contributed by atoms with Gasteiger partial charge < -0.3 is 73.7 Å². The van der Waals surface area contributed by atoms with Crippen LogP contribution in [0.25, 0.3) is 0 Å². The fraction of sp³-hybridized carbons (Fsp3) is 0.280. The van der Waals surface area contributed by atoms with Gasteiger partial charge in [-0.2, -0.15) is 0 Å². The van der Waals surface area contributed by atoms with Crippen LogP contribution in [0.15, 0.2) is 225 Å². The Hall–Kier alpha value is -14.3. The van der Waals surface area contributed by atoms with Crippen LogP contribution in [-0.2, 0) is 0 Å². The normalized spacial score (nSPS) is 16.9. The van der Waals surface area contributed by atoms with Crippen LogP contribution < -0.4 is 23.7 Å². The maximum atomic E-state index is 12.8. The molecule has 5 saturated heterocycles. The molecule has 5 fully saturated rings. The van der Waals surface area contributed by atoms with Crippen molar-refractivity contribution in [2.75, 3.05) is 65.8 Å². The molecule has 8 heterocycles. The van der Waals surface area contributed by atoms with E-state index in [0.29, 0.717) is 134 Å². The Bertz CT molecular complexity index is 4640. The van der Waals surface area contributed by atoms with Crippen molar-refractivity contribution in [1.82, 2.24) is 39.5 Å². The van der Waals surface area contributed by atoms with Gasteiger partial charge in [-0.3, -0.25) is 62.9 Å². The summed E-state index contributed by atoms with van der Waals surface area (Å²) in [4.78, 5) is 140. The van der Waals surface area contributed by atoms with Crippen molar-refractivity contribution < 1.29 is 97.2 Å². The van der Waals surface area contributed by atoms with E-state index in [1.54, 1.807) is 161 Å². The van der Waals surface area contributed by atoms with Gasteiger partial charge in [0.2, 0.25) is 0 Å². The van der Waals surface area contributed by atoms with Crippen LogP contribution in [-0.4, -0.2) is 222 Å². The number of rotatable bonds is 25. The summed E-state index contributed by atoms with van der Waals surface area (Å²) in [5.74, 6) is 0.862. The molecular weight excluding hydrogens is 1550 g/mol. The predicted molar refractivity (Wildman–Crippen MR) is 445 cm³/mol. The molecule has 121 heavy (non-hydrogen) atoms. The lowest BCUT2D eigenvalue weighted by Gasteiger charge is -2.35. The lowest BCUT2D eigenvalue weighted by molar-refractivity contribution is 0.0526. The van der Waals surface area contributed by atoms with Gasteiger partial charge in [0.15, 0.2) is 31.4 Å². The largest absolute Gasteiger partial charge is 0.507 e. The van der Waals surface area contributed by atoms with Crippen LogP contribution in [0.3, 0.4) is 0 Å². The standard InChI is InChI=1S/C20H21NO4.C19H19NO4.3C18H18N2O4/c22-13-17-18(23)10-6-11-19(17)25-14-16-9-4-5-12-21(16)20(24)15-7-2-1-3-8-15;21-12-16-17(22)9-4-10-18(16)24-13-15-8-5-11-20(15)19(23)14-6-2-1-3-7-14;21-11-15-16(22)6-1-7-17(15)24-12-14-5-3-9-20(14)18(23)13-4-2-8-19-10-13;21-11-15-16(22)4-1-5-17(15)24-12-14-3-2-10-20(14)18(23)13-6-8-19-9-7-13;21-11-14-16(22)7-3-8-17(14)24-12-13-5-4-10-20(13)18(23)15-6-1-2-9-19-15/h1-3,6-8,10-11,13,16,23H,4-5,9,12,14H2;1-4,6-7,9-10,12,15,22H,5,8,11,13H2;1-2,4,6-8,10-11,14,22H,3,5,9,12H2;1,4-9,11,14,22H,2-3,10,12H2;1-3,6-9,11,13,22H,4-5,10,12H2/t16-;15-;2*14-;13-/m00000/s1. The van der Waals surface area contributed by atoms with Crippen LogP contribution in [0, 0.1) is 0 Å². The topological polar surface area (TPSA) is 373 Å². The second-order valence-electron chi connectivity index (χ2n) is 28.8. The highest BCUT2D eigenvalue weighted by molar-refractivity contribution is 5.97. The molecule has 10 aromatic rings. The van der Waals surface area contributed by atoms with E-state index in [1.165, 1.54) is 30.3 Å². The van der Waals surface area contributed by atoms with E-state index in [9.17, 15) is 73.5 Å². The van der Waals surface area contributed by atoms with Gasteiger partial charge in [0.05, 0.1) is 63.6 Å². The van der Waals surface area contributed by atoms with Crippen molar-refractivity contribution >= 4 is 61.0 Å². The summed E-state index contributed by atoms with van der Waals surface area (Å²) in [6, 6.07) is 53.7. The van der Waals surface area contributed by atoms with Gasteiger partial charge >= 0.3 is 0 Å². The molecule has 3 aromatic heterocycles. The second-order valence-corrected chi connectivity index (χ2v) is 28.8. The van der Waals surface area contributed by atoms with Gasteiger partial charge in [-0.1, -0.05) is 72.8 Å². The van der Waals surface area contributed by atoms with E-state index in [-0.39, 0.29) is 136 Å². The number of likely N-dealkylation sites (tertiary alicyclic amines) is 5. The number of phenolic OH excluding ortho intramolecular Hbond substituents is 5. The number of nitrogens with zero attached hydrogens (tertiary/aromatic N) is 8. The van der Waals surface area contributed by atoms with Crippen molar-refractivity contribution in [3.63, 3.8) is 0 Å². The van der Waals surface area contributed by atoms with Gasteiger partial charge in [-0.05, 0) is 192 Å². The van der Waals surface area contributed by atoms with Crippen molar-refractivity contribution in [3.8, 4) is 57.5 Å². The SMILES string of the molecule is O=Cc1c(O)cccc1OC[C@@H]1CCCCN1C(=O)c1ccccc1.O=Cc1c(O)cccc1OC[C@@H]1CCCN1C(=O)c1ccccc1.O=Cc1c(O)cccc1OC[C@@H]1CCCN1C(=O)c1ccccn1.O=Cc1c(O)cccc1OC[C@@H]1CCCN1C(=O)c1cccnc1.O=Cc1c(O)cccc1OC[C@@H]1CCCN1C(=O)c1ccncc1. The summed E-state index contributed by atoms with van der Waals surface area (Å²) in [6.45, 7) is 4.80. The number of aldehydes is 5. The molecule has 626 valence electrons. The maximum absolute atomic E-state index is 12.8. The number of carbonyl (C=O) groups is 10. The summed E-state index contributed by atoms with van der Waals surface area (Å²) in [6.07, 6.45) is 20.7. The first-order valence-electron chi connectivity index (χ1n) is 39.9. The average Bonchev–Trinajstić information content (AvgIpc) is 1.11. The van der Waals surface area contributed by atoms with E-state index in [0.717, 1.165) is 70.6 Å². The van der Waals surface area contributed by atoms with Gasteiger partial charge in [-0.25, -0.2) is 0 Å². The number of ether oxygens (including phenoxy) is 5. The monoisotopic (exact) mass is 1640 g/mol. The number of hydrogen-bond donors (Lipinski definition) is 5. The van der Waals surface area contributed by atoms with Gasteiger partial charge in [0.1, 0.15) is 96.2 Å². The molecule has 15 rings (SSSR count). The zero-order chi connectivity index (χ0) is 85.4. The minimum absolute atomic E-state index is 0.000389. The lowest BCUT2D eigenvalue weighted by atomic mass is 10.0. The van der Waals surface area contributed by atoms with Crippen LogP contribution in [0.2, 0.25) is 0 Å². The van der Waals surface area contributed by atoms with Crippen LogP contribution in [0.5, 0.6) is 57.5 Å². The van der Waals surface area contributed by atoms with Gasteiger partial charge in [-0.15, -0.1) is 0 Å². The molecule has 0 bridgehead atoms. The molecule has 5 aliphatic rings. The number of piperidine rings is 1. The Morgan fingerprint density at radius 3 is 0.884 bits per heavy atom. The fourth-order valence-corrected chi connectivity index (χ4v) is 14.8. The quantitative estimate of drug-likeness (QED) is 0.0332. The Kier molecular flexibility index (Phi) is 32.0. The molecule has 5 aliphatic heterocycles. The first-order valence-corrected chi connectivity index (χ1v) is 39.9. The molecule has 0 saturated carbocycles. The van der Waals surface area contributed by atoms with Crippen molar-refractivity contribution in [2.45, 2.75) is 101 Å². The number of aromatic nitrogens is 3. The number of pyridine rings is 3. The van der Waals surface area contributed by atoms with Crippen LogP contribution in [0.1, 0.15) is 174 Å². The zero-order valence-electron chi connectivity index (χ0n) is 66.4. The smallest absolute Gasteiger partial charge is 0.272 e. The minimum atomic E-state index is -0.117. The maximum Gasteiger partial charge on any atom is 0.272 e. The molecule has 5 atom stereocenters. The van der Waals surface area contributed by atoms with Crippen molar-refractivity contribution in [3.05, 3.63) is 281 Å². The molecule has 28 heteroatoms. The summed E-state index contributed by atoms with van der Waals surface area (Å²) in [5, 5.41) is 48.5. The van der Waals surface area contributed by atoms with Crippen molar-refractivity contribution in [2.24, 2.45) is 0 Å². The number of aromatic hydroxyl groups is 5. The van der Waals surface area contributed by atoms with Crippen LogP contribution >= 0.6 is 0 Å². The fourth-order valence-electron chi connectivity index (χ4n) is 14.8. The molecule has 0 spiro atoms. The predicted octanol–water partition coefficient (Wildman–Crippen LogP) is 13.0. The van der Waals surface area contributed by atoms with E-state index in [1.807, 2.05) is 58.3 Å². The highest BCUT2D eigenvalue weighted by Crippen LogP contribution is 2.34. The lowest BCUT2D eigenvalue weighted by Crippen LogP contribution is -2.46. The molecule has 0 radical (unpaired) electrons. The number of amides is 5. The summed E-state index contributed by atoms with van der Waals surface area (Å²) >= 11 is 0. The minimum Gasteiger partial charge on any atom is -0.507 e. The molecular formula is C93H94N8O20. The zero-order valence-corrected chi connectivity index (χ0v) is 66.4. The molecule has 0 aliphatic carbocycles. The number of phenols is 5. The van der Waals surface area contributed by atoms with E-state index >= 15 is 0 Å². The van der Waals surface area contributed by atoms with Crippen molar-refractivity contribution in [1.29, 1.82) is 0 Å². The summed E-state index contributed by atoms with van der Waals surface area (Å²) in [5.41, 5.74) is 3.54. The summed E-state index contributed by atoms with van der Waals surface area (Å²) < 4.78 is 28.6. The third-order valence-corrected chi connectivity index (χ3v) is 21.2. The first-order chi connectivity index (χ1) is 59.0. The van der Waals surface area contributed by atoms with Crippen LogP contribution in [0.4, 0.5) is 0 Å². The molecule has 7 aromatic carbocycles. The molecule has 5 N–H and O–H groups in total. The Labute approximate surface area is 699 Å². The number of hydrogen-bond acceptors (Lipinski definition) is 23. The second kappa shape index (κ2) is 44.3. The number of benzene rings is 7. The Morgan fingerprint density at radius 1 is 0.289 bits per heavy atom. The first kappa shape index (κ1) is 87.5. The summed E-state index contributed by atoms with van der Waals surface area (Å²) in [7, 11) is 0. The average molecular weight is 1640 g/mol. The van der Waals surface area contributed by atoms with Gasteiger partial charge in [0, 0.05) is 80.4 Å². The highest BCUT2D eigenvalue weighted by atomic mass is 16.5. The van der Waals surface area contributed by atoms with E-state index in [4.69, 9.17) is 23.7 Å². The molecule has 0 unspecified atom stereocenters. The van der Waals surface area contributed by atoms with Gasteiger partial charge in [0.25, 0.3) is 29.5 Å². The molecule has 5 amide bonds. The van der Waals surface area contributed by atoms with E-state index < -0.39 is 0 Å². The van der Waals surface area contributed by atoms with E-state index in [2.05, 4.69) is 15.0 Å². The third kappa shape index (κ3) is 23.1. The Morgan fingerprint density at radius 2 is 0.579 bits per heavy atom. The highest BCUT2D eigenvalue weighted by Gasteiger charge is 2.36. The third-order valence-electron chi connectivity index (χ3n) is 21.2. The molecule has 28 nitrogen and oxygen atoms in total. The number of carbonyl (C=O) groups excluding carboxylic acids is 10. The Balaban J connectivity index is 0.000000148.